The maximum Gasteiger partial charge on any atom is 0.333 e. The highest BCUT2D eigenvalue weighted by atomic mass is 32.2. The van der Waals surface area contributed by atoms with E-state index in [1.54, 1.807) is 0 Å². The molecule has 0 aromatic heterocycles. The maximum atomic E-state index is 12.0. The number of carbonyl (C=O) groups is 2. The highest BCUT2D eigenvalue weighted by Gasteiger charge is 2.25. The predicted molar refractivity (Wildman–Crippen MR) is 51.2 cm³/mol. The average molecular weight is 235 g/mol. The largest absolute Gasteiger partial charge is 0.369 e. The molecule has 1 aliphatic rings. The third-order valence-electron chi connectivity index (χ3n) is 1.61. The topological polar surface area (TPSA) is 92.5 Å². The molecule has 0 aliphatic carbocycles. The fourth-order valence-corrected chi connectivity index (χ4v) is 2.01. The van der Waals surface area contributed by atoms with E-state index in [2.05, 4.69) is 5.32 Å². The van der Waals surface area contributed by atoms with Gasteiger partial charge in [0, 0.05) is 11.1 Å². The van der Waals surface area contributed by atoms with Crippen LogP contribution in [0.3, 0.4) is 0 Å². The molecule has 6 nitrogen and oxygen atoms in total. The van der Waals surface area contributed by atoms with Gasteiger partial charge in [0.1, 0.15) is 6.67 Å². The van der Waals surface area contributed by atoms with Gasteiger partial charge >= 0.3 is 6.03 Å². The first kappa shape index (κ1) is 11.6. The van der Waals surface area contributed by atoms with Crippen molar-refractivity contribution in [3.63, 3.8) is 0 Å². The summed E-state index contributed by atoms with van der Waals surface area (Å²) in [4.78, 5) is 21.8. The van der Waals surface area contributed by atoms with Crippen molar-refractivity contribution in [2.75, 3.05) is 13.2 Å². The Morgan fingerprint density at radius 3 is 2.80 bits per heavy atom. The van der Waals surface area contributed by atoms with E-state index in [0.717, 1.165) is 4.31 Å². The second-order valence-corrected chi connectivity index (χ2v) is 4.01. The molecular weight excluding hydrogens is 225 g/mol. The van der Waals surface area contributed by atoms with Crippen molar-refractivity contribution in [3.8, 4) is 0 Å². The van der Waals surface area contributed by atoms with Crippen LogP contribution < -0.4 is 11.1 Å². The van der Waals surface area contributed by atoms with Gasteiger partial charge in [0.05, 0.1) is 13.0 Å². The van der Waals surface area contributed by atoms with Crippen molar-refractivity contribution >= 4 is 22.9 Å². The SMILES string of the molecule is NC(=O)CC1=CS(=O)N(CCF)C(=O)N1. The van der Waals surface area contributed by atoms with Crippen LogP contribution in [0.25, 0.3) is 0 Å². The smallest absolute Gasteiger partial charge is 0.333 e. The van der Waals surface area contributed by atoms with Crippen LogP contribution in [-0.2, 0) is 15.8 Å². The molecule has 1 heterocycles. The molecule has 15 heavy (non-hydrogen) atoms. The van der Waals surface area contributed by atoms with E-state index in [1.807, 2.05) is 0 Å². The van der Waals surface area contributed by atoms with Crippen molar-refractivity contribution in [2.45, 2.75) is 6.42 Å². The molecule has 8 heteroatoms. The van der Waals surface area contributed by atoms with Gasteiger partial charge in [0.25, 0.3) is 0 Å². The number of primary amides is 1. The van der Waals surface area contributed by atoms with Crippen LogP contribution in [-0.4, -0.2) is 33.7 Å². The van der Waals surface area contributed by atoms with Crippen molar-refractivity contribution in [1.82, 2.24) is 9.62 Å². The van der Waals surface area contributed by atoms with Gasteiger partial charge < -0.3 is 11.1 Å². The van der Waals surface area contributed by atoms with Gasteiger partial charge in [-0.25, -0.2) is 17.7 Å². The molecule has 0 saturated carbocycles. The van der Waals surface area contributed by atoms with Crippen molar-refractivity contribution in [1.29, 1.82) is 0 Å². The standard InChI is InChI=1S/C7H10FN3O3S/c8-1-2-11-7(13)10-5(3-6(9)12)4-15(11)14/h4H,1-3H2,(H2,9,12)(H,10,13). The van der Waals surface area contributed by atoms with E-state index in [1.165, 1.54) is 5.41 Å². The molecule has 1 rings (SSSR count). The lowest BCUT2D eigenvalue weighted by Crippen LogP contribution is -2.45. The van der Waals surface area contributed by atoms with Gasteiger partial charge in [-0.15, -0.1) is 0 Å². The van der Waals surface area contributed by atoms with E-state index < -0.39 is 29.6 Å². The third-order valence-corrected chi connectivity index (χ3v) is 2.88. The van der Waals surface area contributed by atoms with Crippen molar-refractivity contribution in [3.05, 3.63) is 11.1 Å². The number of amides is 3. The Labute approximate surface area is 87.9 Å². The number of alkyl halides is 1. The number of hydrogen-bond acceptors (Lipinski definition) is 3. The third kappa shape index (κ3) is 3.01. The van der Waals surface area contributed by atoms with E-state index >= 15 is 0 Å². The molecule has 0 saturated heterocycles. The van der Waals surface area contributed by atoms with Gasteiger partial charge in [-0.1, -0.05) is 0 Å². The Hall–Kier alpha value is -1.44. The van der Waals surface area contributed by atoms with Crippen LogP contribution in [0.2, 0.25) is 0 Å². The Morgan fingerprint density at radius 2 is 2.33 bits per heavy atom. The van der Waals surface area contributed by atoms with Gasteiger partial charge in [-0.2, -0.15) is 0 Å². The lowest BCUT2D eigenvalue weighted by Gasteiger charge is -2.24. The molecular formula is C7H10FN3O3S. The molecule has 3 amide bonds. The number of nitrogens with two attached hydrogens (primary N) is 1. The Morgan fingerprint density at radius 1 is 1.67 bits per heavy atom. The fourth-order valence-electron chi connectivity index (χ4n) is 1.04. The molecule has 3 N–H and O–H groups in total. The molecule has 0 aromatic rings. The van der Waals surface area contributed by atoms with Crippen molar-refractivity contribution < 1.29 is 18.2 Å². The number of halogens is 1. The van der Waals surface area contributed by atoms with Crippen LogP contribution in [0.4, 0.5) is 9.18 Å². The second-order valence-electron chi connectivity index (χ2n) is 2.78. The minimum absolute atomic E-state index is 0.181. The van der Waals surface area contributed by atoms with E-state index in [0.29, 0.717) is 0 Å². The molecule has 1 aliphatic heterocycles. The van der Waals surface area contributed by atoms with Crippen molar-refractivity contribution in [2.24, 2.45) is 5.73 Å². The number of urea groups is 1. The summed E-state index contributed by atoms with van der Waals surface area (Å²) in [5, 5.41) is 3.47. The average Bonchev–Trinajstić information content (AvgIpc) is 2.10. The van der Waals surface area contributed by atoms with E-state index in [9.17, 15) is 18.2 Å². The molecule has 0 aromatic carbocycles. The number of nitrogens with one attached hydrogen (secondary N) is 1. The Kier molecular flexibility index (Phi) is 3.78. The second kappa shape index (κ2) is 4.87. The quantitative estimate of drug-likeness (QED) is 0.679. The zero-order chi connectivity index (χ0) is 11.4. The molecule has 0 bridgehead atoms. The Bertz CT molecular complexity index is 344. The minimum Gasteiger partial charge on any atom is -0.369 e. The summed E-state index contributed by atoms with van der Waals surface area (Å²) in [7, 11) is -1.74. The summed E-state index contributed by atoms with van der Waals surface area (Å²) in [6.07, 6.45) is -0.194. The summed E-state index contributed by atoms with van der Waals surface area (Å²) in [6, 6.07) is -0.690. The lowest BCUT2D eigenvalue weighted by molar-refractivity contribution is -0.117. The molecule has 1 atom stereocenters. The highest BCUT2D eigenvalue weighted by Crippen LogP contribution is 2.10. The van der Waals surface area contributed by atoms with Gasteiger partial charge in [-0.05, 0) is 0 Å². The molecule has 0 fully saturated rings. The zero-order valence-corrected chi connectivity index (χ0v) is 8.55. The van der Waals surface area contributed by atoms with E-state index in [-0.39, 0.29) is 18.7 Å². The Balaban J connectivity index is 2.75. The first-order chi connectivity index (χ1) is 7.04. The monoisotopic (exact) mass is 235 g/mol. The number of hydrogen-bond donors (Lipinski definition) is 2. The molecule has 1 unspecified atom stereocenters. The fraction of sp³-hybridized carbons (Fsp3) is 0.429. The number of carbonyl (C=O) groups excluding carboxylic acids is 2. The van der Waals surface area contributed by atoms with Crippen LogP contribution >= 0.6 is 0 Å². The normalized spacial score (nSPS) is 20.9. The van der Waals surface area contributed by atoms with Crippen LogP contribution in [0.15, 0.2) is 11.1 Å². The highest BCUT2D eigenvalue weighted by molar-refractivity contribution is 7.86. The van der Waals surface area contributed by atoms with Gasteiger partial charge in [0.2, 0.25) is 5.91 Å². The summed E-state index contributed by atoms with van der Waals surface area (Å²) in [5.74, 6) is -0.641. The van der Waals surface area contributed by atoms with Gasteiger partial charge in [0.15, 0.2) is 11.0 Å². The number of rotatable bonds is 4. The van der Waals surface area contributed by atoms with Crippen LogP contribution in [0.5, 0.6) is 0 Å². The first-order valence-corrected chi connectivity index (χ1v) is 5.25. The predicted octanol–water partition coefficient (Wildman–Crippen LogP) is -0.638. The number of nitrogens with zero attached hydrogens (tertiary/aromatic N) is 1. The maximum absolute atomic E-state index is 12.0. The zero-order valence-electron chi connectivity index (χ0n) is 7.73. The minimum atomic E-state index is -1.74. The molecule has 84 valence electrons. The van der Waals surface area contributed by atoms with E-state index in [4.69, 9.17) is 5.73 Å². The summed E-state index contributed by atoms with van der Waals surface area (Å²) < 4.78 is 24.2. The molecule has 0 radical (unpaired) electrons. The molecule has 0 spiro atoms. The van der Waals surface area contributed by atoms with Gasteiger partial charge in [-0.3, -0.25) is 4.79 Å². The summed E-state index contributed by atoms with van der Waals surface area (Å²) in [5.41, 5.74) is 5.09. The summed E-state index contributed by atoms with van der Waals surface area (Å²) in [6.45, 7) is -1.03. The van der Waals surface area contributed by atoms with Crippen LogP contribution in [0.1, 0.15) is 6.42 Å². The summed E-state index contributed by atoms with van der Waals surface area (Å²) >= 11 is 0. The first-order valence-electron chi connectivity index (χ1n) is 4.08. The lowest BCUT2D eigenvalue weighted by atomic mass is 10.3. The van der Waals surface area contributed by atoms with Crippen LogP contribution in [0, 0.1) is 0 Å².